The van der Waals surface area contributed by atoms with Crippen LogP contribution in [0.15, 0.2) is 30.3 Å². The lowest BCUT2D eigenvalue weighted by Crippen LogP contribution is -2.34. The van der Waals surface area contributed by atoms with E-state index >= 15 is 0 Å². The predicted octanol–water partition coefficient (Wildman–Crippen LogP) is 3.85. The zero-order chi connectivity index (χ0) is 16.7. The molecule has 122 valence electrons. The smallest absolute Gasteiger partial charge is 0.338 e. The maximum absolute atomic E-state index is 12.2. The molecule has 0 saturated carbocycles. The molecular formula is C18H26O4. The Labute approximate surface area is 132 Å². The third kappa shape index (κ3) is 5.88. The van der Waals surface area contributed by atoms with E-state index in [0.29, 0.717) is 17.9 Å². The minimum atomic E-state index is -0.527. The largest absolute Gasteiger partial charge is 0.463 e. The lowest BCUT2D eigenvalue weighted by atomic mass is 9.92. The van der Waals surface area contributed by atoms with Crippen LogP contribution in [0.1, 0.15) is 51.4 Å². The summed E-state index contributed by atoms with van der Waals surface area (Å²) in [5, 5.41) is 0. The first kappa shape index (κ1) is 18.2. The maximum atomic E-state index is 12.2. The first-order valence-electron chi connectivity index (χ1n) is 7.77. The van der Waals surface area contributed by atoms with E-state index in [1.807, 2.05) is 33.8 Å². The van der Waals surface area contributed by atoms with Crippen LogP contribution >= 0.6 is 0 Å². The lowest BCUT2D eigenvalue weighted by Gasteiger charge is -2.25. The number of rotatable bonds is 7. The fourth-order valence-electron chi connectivity index (χ4n) is 2.20. The van der Waals surface area contributed by atoms with Crippen LogP contribution in [0.25, 0.3) is 0 Å². The SMILES string of the molecule is CC(C)CC(C(=O)OC(C)C)C(C)OC(=O)c1ccccc1. The number of hydrogen-bond acceptors (Lipinski definition) is 4. The number of esters is 2. The molecule has 0 heterocycles. The molecule has 0 saturated heterocycles. The predicted molar refractivity (Wildman–Crippen MR) is 85.5 cm³/mol. The average Bonchev–Trinajstić information content (AvgIpc) is 2.44. The van der Waals surface area contributed by atoms with E-state index in [9.17, 15) is 9.59 Å². The molecule has 0 bridgehead atoms. The van der Waals surface area contributed by atoms with E-state index in [0.717, 1.165) is 0 Å². The highest BCUT2D eigenvalue weighted by Crippen LogP contribution is 2.21. The molecule has 0 amide bonds. The number of hydrogen-bond donors (Lipinski definition) is 0. The molecule has 0 N–H and O–H groups in total. The van der Waals surface area contributed by atoms with Crippen LogP contribution in [0.3, 0.4) is 0 Å². The molecule has 0 aliphatic rings. The van der Waals surface area contributed by atoms with Crippen molar-refractivity contribution >= 4 is 11.9 Å². The van der Waals surface area contributed by atoms with Gasteiger partial charge in [-0.2, -0.15) is 0 Å². The monoisotopic (exact) mass is 306 g/mol. The van der Waals surface area contributed by atoms with Gasteiger partial charge in [0.2, 0.25) is 0 Å². The minimum Gasteiger partial charge on any atom is -0.463 e. The van der Waals surface area contributed by atoms with Crippen molar-refractivity contribution in [2.24, 2.45) is 11.8 Å². The Kier molecular flexibility index (Phi) is 7.09. The molecule has 2 unspecified atom stereocenters. The summed E-state index contributed by atoms with van der Waals surface area (Å²) < 4.78 is 10.8. The molecule has 1 rings (SSSR count). The van der Waals surface area contributed by atoms with Crippen LogP contribution in [0.2, 0.25) is 0 Å². The van der Waals surface area contributed by atoms with Crippen LogP contribution < -0.4 is 0 Å². The zero-order valence-electron chi connectivity index (χ0n) is 14.0. The molecule has 4 nitrogen and oxygen atoms in total. The van der Waals surface area contributed by atoms with E-state index in [1.54, 1.807) is 31.2 Å². The van der Waals surface area contributed by atoms with Crippen molar-refractivity contribution in [2.45, 2.75) is 53.2 Å². The molecule has 0 aliphatic heterocycles. The average molecular weight is 306 g/mol. The van der Waals surface area contributed by atoms with Gasteiger partial charge in [0.15, 0.2) is 0 Å². The van der Waals surface area contributed by atoms with Crippen molar-refractivity contribution in [1.29, 1.82) is 0 Å². The Balaban J connectivity index is 2.76. The molecule has 0 fully saturated rings. The first-order chi connectivity index (χ1) is 10.3. The Bertz CT molecular complexity index is 479. The second kappa shape index (κ2) is 8.57. The second-order valence-electron chi connectivity index (χ2n) is 6.20. The van der Waals surface area contributed by atoms with Gasteiger partial charge in [0.05, 0.1) is 17.6 Å². The van der Waals surface area contributed by atoms with Gasteiger partial charge < -0.3 is 9.47 Å². The van der Waals surface area contributed by atoms with Gasteiger partial charge in [0, 0.05) is 0 Å². The van der Waals surface area contributed by atoms with Crippen LogP contribution in [-0.2, 0) is 14.3 Å². The number of carbonyl (C=O) groups is 2. The van der Waals surface area contributed by atoms with Crippen molar-refractivity contribution < 1.29 is 19.1 Å². The van der Waals surface area contributed by atoms with Gasteiger partial charge in [-0.1, -0.05) is 32.0 Å². The minimum absolute atomic E-state index is 0.181. The molecule has 1 aromatic rings. The van der Waals surface area contributed by atoms with E-state index in [-0.39, 0.29) is 12.1 Å². The Hall–Kier alpha value is -1.84. The van der Waals surface area contributed by atoms with Crippen molar-refractivity contribution in [3.63, 3.8) is 0 Å². The zero-order valence-corrected chi connectivity index (χ0v) is 14.0. The third-order valence-electron chi connectivity index (χ3n) is 3.25. The van der Waals surface area contributed by atoms with Crippen molar-refractivity contribution in [3.8, 4) is 0 Å². The summed E-state index contributed by atoms with van der Waals surface area (Å²) in [6.45, 7) is 9.42. The van der Waals surface area contributed by atoms with Crippen molar-refractivity contribution in [3.05, 3.63) is 35.9 Å². The highest BCUT2D eigenvalue weighted by molar-refractivity contribution is 5.89. The summed E-state index contributed by atoms with van der Waals surface area (Å²) in [5.74, 6) is -0.867. The van der Waals surface area contributed by atoms with Gasteiger partial charge in [0.1, 0.15) is 6.10 Å². The number of ether oxygens (including phenoxy) is 2. The van der Waals surface area contributed by atoms with E-state index < -0.39 is 18.0 Å². The normalized spacial score (nSPS) is 13.8. The molecule has 1 aromatic carbocycles. The lowest BCUT2D eigenvalue weighted by molar-refractivity contribution is -0.156. The molecule has 4 heteroatoms. The van der Waals surface area contributed by atoms with Crippen LogP contribution in [-0.4, -0.2) is 24.1 Å². The molecule has 22 heavy (non-hydrogen) atoms. The van der Waals surface area contributed by atoms with Crippen LogP contribution in [0, 0.1) is 11.8 Å². The Morgan fingerprint density at radius 3 is 2.05 bits per heavy atom. The molecule has 0 radical (unpaired) electrons. The quantitative estimate of drug-likeness (QED) is 0.718. The number of benzene rings is 1. The summed E-state index contributed by atoms with van der Waals surface area (Å²) in [7, 11) is 0. The van der Waals surface area contributed by atoms with Gasteiger partial charge in [-0.15, -0.1) is 0 Å². The van der Waals surface area contributed by atoms with Crippen LogP contribution in [0.4, 0.5) is 0 Å². The second-order valence-corrected chi connectivity index (χ2v) is 6.20. The fraction of sp³-hybridized carbons (Fsp3) is 0.556. The summed E-state index contributed by atoms with van der Waals surface area (Å²) in [6.07, 6.45) is -0.0880. The summed E-state index contributed by atoms with van der Waals surface area (Å²) >= 11 is 0. The molecule has 0 aromatic heterocycles. The topological polar surface area (TPSA) is 52.6 Å². The van der Waals surface area contributed by atoms with Gasteiger partial charge in [-0.05, 0) is 45.2 Å². The fourth-order valence-corrected chi connectivity index (χ4v) is 2.20. The third-order valence-corrected chi connectivity index (χ3v) is 3.25. The Morgan fingerprint density at radius 2 is 1.55 bits per heavy atom. The van der Waals surface area contributed by atoms with Gasteiger partial charge in [0.25, 0.3) is 0 Å². The van der Waals surface area contributed by atoms with E-state index in [2.05, 4.69) is 0 Å². The Morgan fingerprint density at radius 1 is 0.955 bits per heavy atom. The van der Waals surface area contributed by atoms with Crippen molar-refractivity contribution in [1.82, 2.24) is 0 Å². The van der Waals surface area contributed by atoms with Gasteiger partial charge in [-0.3, -0.25) is 4.79 Å². The molecule has 0 spiro atoms. The van der Waals surface area contributed by atoms with Gasteiger partial charge in [-0.25, -0.2) is 4.79 Å². The maximum Gasteiger partial charge on any atom is 0.338 e. The first-order valence-corrected chi connectivity index (χ1v) is 7.77. The summed E-state index contributed by atoms with van der Waals surface area (Å²) in [6, 6.07) is 8.78. The molecule has 0 aliphatic carbocycles. The summed E-state index contributed by atoms with van der Waals surface area (Å²) in [5.41, 5.74) is 0.481. The highest BCUT2D eigenvalue weighted by atomic mass is 16.6. The molecular weight excluding hydrogens is 280 g/mol. The van der Waals surface area contributed by atoms with Crippen LogP contribution in [0.5, 0.6) is 0 Å². The van der Waals surface area contributed by atoms with E-state index in [1.165, 1.54) is 0 Å². The summed E-state index contributed by atoms with van der Waals surface area (Å²) in [4.78, 5) is 24.4. The highest BCUT2D eigenvalue weighted by Gasteiger charge is 2.31. The molecule has 2 atom stereocenters. The van der Waals surface area contributed by atoms with Gasteiger partial charge >= 0.3 is 11.9 Å². The standard InChI is InChI=1S/C18H26O4/c1-12(2)11-16(18(20)21-13(3)4)14(5)22-17(19)15-9-7-6-8-10-15/h6-10,12-14,16H,11H2,1-5H3. The van der Waals surface area contributed by atoms with E-state index in [4.69, 9.17) is 9.47 Å². The van der Waals surface area contributed by atoms with Crippen molar-refractivity contribution in [2.75, 3.05) is 0 Å². The number of carbonyl (C=O) groups excluding carboxylic acids is 2.